The molecular weight excluding hydrogens is 494 g/mol. The van der Waals surface area contributed by atoms with Crippen molar-refractivity contribution >= 4 is 19.1 Å². The summed E-state index contributed by atoms with van der Waals surface area (Å²) in [5.74, 6) is 0. The van der Waals surface area contributed by atoms with Gasteiger partial charge in [-0.2, -0.15) is 17.2 Å². The molecule has 0 radical (unpaired) electrons. The van der Waals surface area contributed by atoms with E-state index in [1.165, 1.54) is 33.1 Å². The van der Waals surface area contributed by atoms with E-state index in [1.54, 1.807) is 0 Å². The van der Waals surface area contributed by atoms with Crippen molar-refractivity contribution in [2.75, 3.05) is 6.61 Å². The van der Waals surface area contributed by atoms with Crippen molar-refractivity contribution in [1.29, 1.82) is 0 Å². The van der Waals surface area contributed by atoms with E-state index in [-0.39, 0.29) is 56.4 Å². The van der Waals surface area contributed by atoms with Crippen LogP contribution in [0.5, 0.6) is 0 Å². The first-order chi connectivity index (χ1) is 12.0. The third kappa shape index (κ3) is 8.91. The minimum atomic E-state index is -1.36. The molecule has 3 rings (SSSR count). The van der Waals surface area contributed by atoms with Gasteiger partial charge in [0.25, 0.3) is 0 Å². The van der Waals surface area contributed by atoms with E-state index >= 15 is 0 Å². The summed E-state index contributed by atoms with van der Waals surface area (Å²) in [5, 5.41) is 2.71. The fourth-order valence-corrected chi connectivity index (χ4v) is 4.02. The monoisotopic (exact) mass is 526 g/mol. The Balaban J connectivity index is 0. The first kappa shape index (κ1) is 31.1. The molecule has 0 unspecified atom stereocenters. The van der Waals surface area contributed by atoms with Crippen LogP contribution in [0.15, 0.2) is 53.1 Å². The van der Waals surface area contributed by atoms with Crippen molar-refractivity contribution in [3.8, 4) is 0 Å². The molecule has 0 aromatic heterocycles. The van der Waals surface area contributed by atoms with Crippen molar-refractivity contribution in [2.24, 2.45) is 5.41 Å². The molecule has 0 bridgehead atoms. The van der Waals surface area contributed by atoms with Gasteiger partial charge in [-0.15, -0.1) is 47.5 Å². The van der Waals surface area contributed by atoms with Crippen LogP contribution in [0, 0.1) is 11.5 Å². The molecule has 0 N–H and O–H groups in total. The summed E-state index contributed by atoms with van der Waals surface area (Å²) in [6.45, 7) is 18.5. The van der Waals surface area contributed by atoms with Gasteiger partial charge in [0.15, 0.2) is 8.32 Å². The third-order valence-electron chi connectivity index (χ3n) is 5.24. The molecular formula is C24H34Cl2OSiZr-2. The minimum absolute atomic E-state index is 0. The van der Waals surface area contributed by atoms with Crippen LogP contribution in [-0.2, 0) is 37.1 Å². The van der Waals surface area contributed by atoms with E-state index in [9.17, 15) is 0 Å². The van der Waals surface area contributed by atoms with Crippen LogP contribution in [0.4, 0.5) is 0 Å². The average molecular weight is 529 g/mol. The van der Waals surface area contributed by atoms with E-state index in [4.69, 9.17) is 4.43 Å². The molecule has 0 spiro atoms. The SMILES string of the molecule is CC1=[C-]C(C)(C)C(C)=C1C.C[Si](C)(C)OCC[c-]1ccc2ccccc21.[Cl-].[Cl-].[Zr+2]. The Hall–Kier alpha value is -0.0500. The van der Waals surface area contributed by atoms with Crippen LogP contribution >= 0.6 is 0 Å². The van der Waals surface area contributed by atoms with Crippen molar-refractivity contribution in [1.82, 2.24) is 0 Å². The Morgan fingerprint density at radius 2 is 1.59 bits per heavy atom. The summed E-state index contributed by atoms with van der Waals surface area (Å²) in [4.78, 5) is 0. The molecule has 0 atom stereocenters. The maximum absolute atomic E-state index is 5.89. The second-order valence-corrected chi connectivity index (χ2v) is 13.3. The first-order valence-electron chi connectivity index (χ1n) is 9.58. The maximum Gasteiger partial charge on any atom is 2.00 e. The van der Waals surface area contributed by atoms with E-state index in [0.29, 0.717) is 0 Å². The molecule has 0 aliphatic heterocycles. The molecule has 2 aromatic carbocycles. The number of benzene rings is 1. The van der Waals surface area contributed by atoms with Crippen molar-refractivity contribution in [3.63, 3.8) is 0 Å². The number of fused-ring (bicyclic) bond motifs is 1. The molecule has 0 saturated heterocycles. The molecule has 0 fully saturated rings. The van der Waals surface area contributed by atoms with Gasteiger partial charge < -0.3 is 29.2 Å². The zero-order valence-electron chi connectivity index (χ0n) is 19.0. The molecule has 160 valence electrons. The van der Waals surface area contributed by atoms with Crippen LogP contribution in [0.2, 0.25) is 19.6 Å². The van der Waals surface area contributed by atoms with Gasteiger partial charge in [-0.3, -0.25) is 6.08 Å². The van der Waals surface area contributed by atoms with Crippen LogP contribution in [0.1, 0.15) is 40.2 Å². The quantitative estimate of drug-likeness (QED) is 0.426. The number of halogens is 2. The molecule has 5 heteroatoms. The maximum atomic E-state index is 5.89. The fourth-order valence-electron chi connectivity index (χ4n) is 3.31. The Labute approximate surface area is 210 Å². The van der Waals surface area contributed by atoms with E-state index in [1.807, 2.05) is 0 Å². The third-order valence-corrected chi connectivity index (χ3v) is 6.31. The molecule has 2 aromatic rings. The van der Waals surface area contributed by atoms with Gasteiger partial charge >= 0.3 is 26.2 Å². The summed E-state index contributed by atoms with van der Waals surface area (Å²) in [6, 6.07) is 13.0. The second kappa shape index (κ2) is 12.7. The summed E-state index contributed by atoms with van der Waals surface area (Å²) in [6.07, 6.45) is 4.46. The van der Waals surface area contributed by atoms with E-state index < -0.39 is 8.32 Å². The predicted molar refractivity (Wildman–Crippen MR) is 117 cm³/mol. The van der Waals surface area contributed by atoms with Gasteiger partial charge in [-0.1, -0.05) is 39.2 Å². The number of rotatable bonds is 4. The van der Waals surface area contributed by atoms with Gasteiger partial charge in [-0.25, -0.2) is 5.57 Å². The summed E-state index contributed by atoms with van der Waals surface area (Å²) in [5.41, 5.74) is 5.81. The van der Waals surface area contributed by atoms with Crippen molar-refractivity contribution in [2.45, 2.75) is 60.7 Å². The smallest absolute Gasteiger partial charge is 1.00 e. The summed E-state index contributed by atoms with van der Waals surface area (Å²) >= 11 is 0. The topological polar surface area (TPSA) is 9.23 Å². The molecule has 1 aliphatic rings. The zero-order chi connectivity index (χ0) is 19.5. The largest absolute Gasteiger partial charge is 2.00 e. The van der Waals surface area contributed by atoms with Crippen LogP contribution in [0.3, 0.4) is 0 Å². The number of hydrogen-bond acceptors (Lipinski definition) is 1. The van der Waals surface area contributed by atoms with Crippen LogP contribution < -0.4 is 24.8 Å². The van der Waals surface area contributed by atoms with Crippen molar-refractivity contribution in [3.05, 3.63) is 64.8 Å². The first-order valence-corrected chi connectivity index (χ1v) is 13.0. The minimum Gasteiger partial charge on any atom is -1.00 e. The van der Waals surface area contributed by atoms with Gasteiger partial charge in [-0.05, 0) is 26.1 Å². The van der Waals surface area contributed by atoms with E-state index in [0.717, 1.165) is 13.0 Å². The standard InChI is InChI=1S/C14H19OSi.C10H15.2ClH.Zr/c1-16(2,3)15-11-10-13-9-8-12-6-4-5-7-14(12)13;1-7-6-10(4,5)9(3)8(7)2;;;/h4-9H,10-11H2,1-3H3;1-5H3;2*1H;/q2*-1;;;+2/p-2. The van der Waals surface area contributed by atoms with Gasteiger partial charge in [0.2, 0.25) is 0 Å². The number of allylic oxidation sites excluding steroid dienone is 4. The number of hydrogen-bond donors (Lipinski definition) is 0. The molecule has 0 saturated carbocycles. The van der Waals surface area contributed by atoms with Gasteiger partial charge in [0, 0.05) is 6.61 Å². The Bertz CT molecular complexity index is 829. The van der Waals surface area contributed by atoms with Crippen LogP contribution in [0.25, 0.3) is 10.8 Å². The van der Waals surface area contributed by atoms with Gasteiger partial charge in [0.05, 0.1) is 0 Å². The molecule has 1 aliphatic carbocycles. The summed E-state index contributed by atoms with van der Waals surface area (Å²) < 4.78 is 5.89. The van der Waals surface area contributed by atoms with Crippen LogP contribution in [-0.4, -0.2) is 14.9 Å². The fraction of sp³-hybridized carbons (Fsp3) is 0.458. The molecule has 0 amide bonds. The van der Waals surface area contributed by atoms with Crippen molar-refractivity contribution < 1.29 is 55.4 Å². The Kier molecular flexibility index (Phi) is 13.7. The molecule has 0 heterocycles. The normalized spacial score (nSPS) is 14.8. The Morgan fingerprint density at radius 3 is 2.03 bits per heavy atom. The van der Waals surface area contributed by atoms with Gasteiger partial charge in [0.1, 0.15) is 0 Å². The second-order valence-electron chi connectivity index (χ2n) is 8.78. The van der Waals surface area contributed by atoms with E-state index in [2.05, 4.69) is 96.7 Å². The molecule has 1 nitrogen and oxygen atoms in total. The average Bonchev–Trinajstić information content (AvgIpc) is 3.02. The summed E-state index contributed by atoms with van der Waals surface area (Å²) in [7, 11) is -1.36. The predicted octanol–water partition coefficient (Wildman–Crippen LogP) is 1.07. The Morgan fingerprint density at radius 1 is 1.00 bits per heavy atom. The molecule has 29 heavy (non-hydrogen) atoms. The zero-order valence-corrected chi connectivity index (χ0v) is 24.0.